The molecule has 3 rings (SSSR count). The van der Waals surface area contributed by atoms with Crippen molar-refractivity contribution < 1.29 is 4.79 Å². The van der Waals surface area contributed by atoms with Crippen LogP contribution in [0.1, 0.15) is 21.5 Å². The van der Waals surface area contributed by atoms with Crippen LogP contribution in [0, 0.1) is 6.92 Å². The number of rotatable bonds is 5. The topological polar surface area (TPSA) is 61.0 Å². The Balaban J connectivity index is 1.81. The zero-order valence-electron chi connectivity index (χ0n) is 14.3. The number of para-hydroxylation sites is 1. The average Bonchev–Trinajstić information content (AvgIpc) is 2.96. The van der Waals surface area contributed by atoms with Crippen LogP contribution in [0.2, 0.25) is 0 Å². The number of hydrogen-bond acceptors (Lipinski definition) is 3. The fourth-order valence-electron chi connectivity index (χ4n) is 2.58. The van der Waals surface area contributed by atoms with Gasteiger partial charge in [0.05, 0.1) is 11.0 Å². The Kier molecular flexibility index (Phi) is 4.62. The molecule has 0 unspecified atom stereocenters. The highest BCUT2D eigenvalue weighted by Gasteiger charge is 2.11. The van der Waals surface area contributed by atoms with E-state index in [1.165, 1.54) is 5.56 Å². The summed E-state index contributed by atoms with van der Waals surface area (Å²) in [6.45, 7) is 2.95. The van der Waals surface area contributed by atoms with E-state index in [-0.39, 0.29) is 5.91 Å². The molecular weight excluding hydrogens is 300 g/mol. The molecule has 1 heterocycles. The van der Waals surface area contributed by atoms with Crippen molar-refractivity contribution >= 4 is 22.9 Å². The number of carbonyl (C=O) groups is 1. The molecule has 0 radical (unpaired) electrons. The molecule has 0 aliphatic carbocycles. The van der Waals surface area contributed by atoms with Gasteiger partial charge in [0.25, 0.3) is 5.91 Å². The fraction of sp³-hybridized carbons (Fsp3) is 0.263. The van der Waals surface area contributed by atoms with Gasteiger partial charge in [-0.05, 0) is 51.2 Å². The van der Waals surface area contributed by atoms with Crippen LogP contribution in [-0.4, -0.2) is 41.4 Å². The van der Waals surface area contributed by atoms with E-state index in [4.69, 9.17) is 0 Å². The molecule has 1 amide bonds. The molecule has 0 bridgehead atoms. The first-order valence-electron chi connectivity index (χ1n) is 8.03. The van der Waals surface area contributed by atoms with Crippen molar-refractivity contribution in [3.8, 4) is 0 Å². The highest BCUT2D eigenvalue weighted by Crippen LogP contribution is 2.20. The van der Waals surface area contributed by atoms with Crippen molar-refractivity contribution in [3.05, 3.63) is 59.2 Å². The molecule has 5 nitrogen and oxygen atoms in total. The summed E-state index contributed by atoms with van der Waals surface area (Å²) in [5.74, 6) is 0.316. The van der Waals surface area contributed by atoms with Gasteiger partial charge in [0.2, 0.25) is 5.95 Å². The molecule has 0 saturated carbocycles. The van der Waals surface area contributed by atoms with Gasteiger partial charge in [-0.25, -0.2) is 4.98 Å². The molecule has 0 spiro atoms. The van der Waals surface area contributed by atoms with Gasteiger partial charge in [0.15, 0.2) is 0 Å². The number of likely N-dealkylation sites (N-methyl/N-ethyl adjacent to an activating group) is 1. The summed E-state index contributed by atoms with van der Waals surface area (Å²) in [4.78, 5) is 22.2. The third kappa shape index (κ3) is 3.63. The maximum absolute atomic E-state index is 12.3. The van der Waals surface area contributed by atoms with Crippen LogP contribution in [0.4, 0.5) is 5.95 Å². The number of carbonyl (C=O) groups excluding carboxylic acids is 1. The van der Waals surface area contributed by atoms with E-state index in [2.05, 4.69) is 40.3 Å². The molecule has 2 N–H and O–H groups in total. The van der Waals surface area contributed by atoms with E-state index in [0.717, 1.165) is 29.6 Å². The standard InChI is InChI=1S/C19H22N4O/c1-13-7-9-15(10-8-13)18(24)22-19-20-16-6-4-5-14(17(16)21-19)11-12-23(2)3/h4-10H,11-12H2,1-3H3,(H2,20,21,22,24). The van der Waals surface area contributed by atoms with Crippen molar-refractivity contribution in [2.24, 2.45) is 0 Å². The maximum Gasteiger partial charge on any atom is 0.257 e. The number of anilines is 1. The third-order valence-electron chi connectivity index (χ3n) is 3.97. The highest BCUT2D eigenvalue weighted by molar-refractivity contribution is 6.04. The Morgan fingerprint density at radius 3 is 2.62 bits per heavy atom. The largest absolute Gasteiger partial charge is 0.324 e. The average molecular weight is 322 g/mol. The number of aryl methyl sites for hydroxylation is 1. The van der Waals surface area contributed by atoms with E-state index in [1.54, 1.807) is 0 Å². The van der Waals surface area contributed by atoms with Gasteiger partial charge in [-0.2, -0.15) is 0 Å². The number of amides is 1. The van der Waals surface area contributed by atoms with Crippen LogP contribution in [0.5, 0.6) is 0 Å². The number of aromatic nitrogens is 2. The Morgan fingerprint density at radius 1 is 1.17 bits per heavy atom. The second-order valence-electron chi connectivity index (χ2n) is 6.27. The number of nitrogens with one attached hydrogen (secondary N) is 2. The van der Waals surface area contributed by atoms with Crippen molar-refractivity contribution in [1.29, 1.82) is 0 Å². The summed E-state index contributed by atoms with van der Waals surface area (Å²) in [5.41, 5.74) is 4.77. The number of fused-ring (bicyclic) bond motifs is 1. The van der Waals surface area contributed by atoms with Crippen LogP contribution in [-0.2, 0) is 6.42 Å². The van der Waals surface area contributed by atoms with E-state index >= 15 is 0 Å². The first-order chi connectivity index (χ1) is 11.5. The van der Waals surface area contributed by atoms with E-state index in [9.17, 15) is 4.79 Å². The van der Waals surface area contributed by atoms with Gasteiger partial charge in [-0.3, -0.25) is 10.1 Å². The van der Waals surface area contributed by atoms with Crippen molar-refractivity contribution in [1.82, 2.24) is 14.9 Å². The summed E-state index contributed by atoms with van der Waals surface area (Å²) < 4.78 is 0. The minimum absolute atomic E-state index is 0.163. The van der Waals surface area contributed by atoms with Gasteiger partial charge >= 0.3 is 0 Å². The molecule has 1 aromatic heterocycles. The Hall–Kier alpha value is -2.66. The summed E-state index contributed by atoms with van der Waals surface area (Å²) in [7, 11) is 4.11. The number of benzene rings is 2. The minimum atomic E-state index is -0.163. The lowest BCUT2D eigenvalue weighted by Gasteiger charge is -2.09. The number of aromatic amines is 1. The molecule has 124 valence electrons. The van der Waals surface area contributed by atoms with Crippen LogP contribution in [0.25, 0.3) is 11.0 Å². The Bertz CT molecular complexity index is 849. The van der Waals surface area contributed by atoms with Gasteiger partial charge in [-0.15, -0.1) is 0 Å². The molecule has 24 heavy (non-hydrogen) atoms. The maximum atomic E-state index is 12.3. The molecule has 0 aliphatic heterocycles. The molecule has 3 aromatic rings. The predicted octanol–water partition coefficient (Wildman–Crippen LogP) is 3.23. The fourth-order valence-corrected chi connectivity index (χ4v) is 2.58. The zero-order valence-corrected chi connectivity index (χ0v) is 14.3. The highest BCUT2D eigenvalue weighted by atomic mass is 16.1. The first-order valence-corrected chi connectivity index (χ1v) is 8.03. The lowest BCUT2D eigenvalue weighted by atomic mass is 10.1. The Morgan fingerprint density at radius 2 is 1.92 bits per heavy atom. The SMILES string of the molecule is Cc1ccc(C(=O)Nc2nc3c(CCN(C)C)cccc3[nH]2)cc1. The summed E-state index contributed by atoms with van der Waals surface area (Å²) in [5, 5.41) is 2.84. The van der Waals surface area contributed by atoms with E-state index in [1.807, 2.05) is 43.3 Å². The summed E-state index contributed by atoms with van der Waals surface area (Å²) in [6, 6.07) is 13.5. The van der Waals surface area contributed by atoms with Crippen LogP contribution >= 0.6 is 0 Å². The van der Waals surface area contributed by atoms with Crippen molar-refractivity contribution in [3.63, 3.8) is 0 Å². The second kappa shape index (κ2) is 6.84. The second-order valence-corrected chi connectivity index (χ2v) is 6.27. The van der Waals surface area contributed by atoms with Gasteiger partial charge < -0.3 is 9.88 Å². The quantitative estimate of drug-likeness (QED) is 0.758. The first kappa shape index (κ1) is 16.2. The number of hydrogen-bond donors (Lipinski definition) is 2. The van der Waals surface area contributed by atoms with E-state index in [0.29, 0.717) is 11.5 Å². The molecular formula is C19H22N4O. The monoisotopic (exact) mass is 322 g/mol. The van der Waals surface area contributed by atoms with Crippen LogP contribution in [0.3, 0.4) is 0 Å². The molecule has 0 aliphatic rings. The molecule has 0 atom stereocenters. The zero-order chi connectivity index (χ0) is 17.1. The number of nitrogens with zero attached hydrogens (tertiary/aromatic N) is 2. The van der Waals surface area contributed by atoms with E-state index < -0.39 is 0 Å². The molecule has 0 fully saturated rings. The number of H-pyrrole nitrogens is 1. The minimum Gasteiger partial charge on any atom is -0.324 e. The van der Waals surface area contributed by atoms with Gasteiger partial charge in [-0.1, -0.05) is 29.8 Å². The summed E-state index contributed by atoms with van der Waals surface area (Å²) >= 11 is 0. The summed E-state index contributed by atoms with van der Waals surface area (Å²) in [6.07, 6.45) is 0.917. The van der Waals surface area contributed by atoms with Crippen LogP contribution < -0.4 is 5.32 Å². The normalized spacial score (nSPS) is 11.2. The molecule has 5 heteroatoms. The van der Waals surface area contributed by atoms with Gasteiger partial charge in [0, 0.05) is 12.1 Å². The van der Waals surface area contributed by atoms with Crippen LogP contribution in [0.15, 0.2) is 42.5 Å². The molecule has 2 aromatic carbocycles. The molecule has 0 saturated heterocycles. The number of imidazole rings is 1. The third-order valence-corrected chi connectivity index (χ3v) is 3.97. The Labute approximate surface area is 141 Å². The van der Waals surface area contributed by atoms with Crippen molar-refractivity contribution in [2.75, 3.05) is 26.0 Å². The lowest BCUT2D eigenvalue weighted by molar-refractivity contribution is 0.102. The lowest BCUT2D eigenvalue weighted by Crippen LogP contribution is -2.15. The predicted molar refractivity (Wildman–Crippen MR) is 97.5 cm³/mol. The van der Waals surface area contributed by atoms with Crippen molar-refractivity contribution in [2.45, 2.75) is 13.3 Å². The van der Waals surface area contributed by atoms with Gasteiger partial charge in [0.1, 0.15) is 0 Å². The smallest absolute Gasteiger partial charge is 0.257 e.